The zero-order valence-corrected chi connectivity index (χ0v) is 27.8. The van der Waals surface area contributed by atoms with Gasteiger partial charge in [0.05, 0.1) is 30.8 Å². The van der Waals surface area contributed by atoms with Gasteiger partial charge in [-0.3, -0.25) is 9.59 Å². The van der Waals surface area contributed by atoms with E-state index < -0.39 is 30.3 Å². The van der Waals surface area contributed by atoms with Crippen LogP contribution in [0.2, 0.25) is 0 Å². The first-order valence-electron chi connectivity index (χ1n) is 17.0. The highest BCUT2D eigenvalue weighted by molar-refractivity contribution is 5.84. The highest BCUT2D eigenvalue weighted by Crippen LogP contribution is 2.22. The van der Waals surface area contributed by atoms with Crippen molar-refractivity contribution in [1.29, 1.82) is 0 Å². The first-order valence-corrected chi connectivity index (χ1v) is 17.0. The molecule has 0 spiro atoms. The van der Waals surface area contributed by atoms with Crippen LogP contribution in [0.3, 0.4) is 0 Å². The third kappa shape index (κ3) is 18.0. The van der Waals surface area contributed by atoms with E-state index in [1.54, 1.807) is 7.11 Å². The lowest BCUT2D eigenvalue weighted by atomic mass is 9.92. The molecule has 1 amide bonds. The maximum atomic E-state index is 12.8. The van der Waals surface area contributed by atoms with Crippen LogP contribution in [0.15, 0.2) is 23.8 Å². The molecule has 1 aliphatic rings. The zero-order valence-electron chi connectivity index (χ0n) is 27.8. The summed E-state index contributed by atoms with van der Waals surface area (Å²) >= 11 is 0. The Balaban J connectivity index is 2.90. The van der Waals surface area contributed by atoms with Gasteiger partial charge >= 0.3 is 5.97 Å². The zero-order chi connectivity index (χ0) is 32.0. The summed E-state index contributed by atoms with van der Waals surface area (Å²) in [5, 5.41) is 34.2. The van der Waals surface area contributed by atoms with Crippen LogP contribution >= 0.6 is 0 Å². The lowest BCUT2D eigenvalue weighted by Crippen LogP contribution is -2.43. The summed E-state index contributed by atoms with van der Waals surface area (Å²) in [6, 6.07) is 0. The summed E-state index contributed by atoms with van der Waals surface area (Å²) in [5.41, 5.74) is 1.03. The SMILES string of the molecule is CCC[C@@H]1OC(=O)[C@@H](C)C[C@@H](C)CCCCCCCC[C@@H](CC)/C=C/C=C(\COC)CC[C@@H](O)[C@@H](O)C[C@H](O)CNC1=O. The summed E-state index contributed by atoms with van der Waals surface area (Å²) in [6.45, 7) is 8.52. The van der Waals surface area contributed by atoms with E-state index in [-0.39, 0.29) is 24.9 Å². The summed E-state index contributed by atoms with van der Waals surface area (Å²) in [6.07, 6.45) is 15.5. The van der Waals surface area contributed by atoms with E-state index >= 15 is 0 Å². The van der Waals surface area contributed by atoms with Gasteiger partial charge in [-0.25, -0.2) is 0 Å². The molecule has 8 nitrogen and oxygen atoms in total. The predicted octanol–water partition coefficient (Wildman–Crippen LogP) is 6.02. The Morgan fingerprint density at radius 1 is 0.930 bits per heavy atom. The number of carbonyl (C=O) groups excluding carboxylic acids is 2. The second kappa shape index (κ2) is 23.6. The fourth-order valence-electron chi connectivity index (χ4n) is 5.74. The van der Waals surface area contributed by atoms with Crippen molar-refractivity contribution in [3.05, 3.63) is 23.8 Å². The monoisotopic (exact) mass is 609 g/mol. The fourth-order valence-corrected chi connectivity index (χ4v) is 5.74. The summed E-state index contributed by atoms with van der Waals surface area (Å²) < 4.78 is 11.0. The fraction of sp³-hybridized carbons (Fsp3) is 0.829. The van der Waals surface area contributed by atoms with Gasteiger partial charge in [0.25, 0.3) is 5.91 Å². The standard InChI is InChI=1S/C35H63NO7/c1-6-15-33-34(40)36-24-30(37)23-32(39)31(38)21-20-29(25-42-5)19-14-18-28(7-2)17-13-11-9-8-10-12-16-26(3)22-27(4)35(41)43-33/h14,18-19,26-28,30-33,37-39H,6-13,15-17,20-25H2,1-5H3,(H,36,40)/b18-14+,29-19-/t26-,27-,28+,30-,31+,32-,33-/m0/s1. The summed E-state index contributed by atoms with van der Waals surface area (Å²) in [4.78, 5) is 25.6. The number of cyclic esters (lactones) is 1. The number of rotatable bonds is 5. The van der Waals surface area contributed by atoms with E-state index in [0.717, 1.165) is 31.3 Å². The van der Waals surface area contributed by atoms with Crippen molar-refractivity contribution in [3.8, 4) is 0 Å². The van der Waals surface area contributed by atoms with Gasteiger partial charge < -0.3 is 30.1 Å². The summed E-state index contributed by atoms with van der Waals surface area (Å²) in [7, 11) is 1.64. The summed E-state index contributed by atoms with van der Waals surface area (Å²) in [5.74, 6) is -0.176. The average Bonchev–Trinajstić information content (AvgIpc) is 2.97. The van der Waals surface area contributed by atoms with Crippen molar-refractivity contribution in [3.63, 3.8) is 0 Å². The number of aliphatic hydroxyl groups is 3. The van der Waals surface area contributed by atoms with Crippen LogP contribution in [-0.2, 0) is 19.1 Å². The van der Waals surface area contributed by atoms with E-state index in [4.69, 9.17) is 9.47 Å². The Hall–Kier alpha value is -1.74. The van der Waals surface area contributed by atoms with Gasteiger partial charge in [0, 0.05) is 20.1 Å². The molecule has 8 heteroatoms. The number of carbonyl (C=O) groups is 2. The van der Waals surface area contributed by atoms with Crippen molar-refractivity contribution in [2.45, 2.75) is 148 Å². The van der Waals surface area contributed by atoms with Gasteiger partial charge in [-0.1, -0.05) is 97.3 Å². The Labute approximate surface area is 261 Å². The van der Waals surface area contributed by atoms with Crippen molar-refractivity contribution in [2.75, 3.05) is 20.3 Å². The largest absolute Gasteiger partial charge is 0.452 e. The quantitative estimate of drug-likeness (QED) is 0.281. The van der Waals surface area contributed by atoms with E-state index in [9.17, 15) is 24.9 Å². The minimum absolute atomic E-state index is 0.0873. The number of hydrogen-bond donors (Lipinski definition) is 4. The van der Waals surface area contributed by atoms with Crippen LogP contribution < -0.4 is 5.32 Å². The number of aliphatic hydroxyl groups excluding tert-OH is 3. The lowest BCUT2D eigenvalue weighted by molar-refractivity contribution is -0.160. The Bertz CT molecular complexity index is 814. The molecule has 0 radical (unpaired) electrons. The molecule has 4 N–H and O–H groups in total. The van der Waals surface area contributed by atoms with Gasteiger partial charge in [0.15, 0.2) is 6.10 Å². The first kappa shape index (κ1) is 39.3. The van der Waals surface area contributed by atoms with Crippen molar-refractivity contribution in [2.24, 2.45) is 17.8 Å². The van der Waals surface area contributed by atoms with E-state index in [2.05, 4.69) is 31.3 Å². The number of ether oxygens (including phenoxy) is 2. The molecule has 0 aliphatic carbocycles. The van der Waals surface area contributed by atoms with Crippen molar-refractivity contribution < 1.29 is 34.4 Å². The highest BCUT2D eigenvalue weighted by atomic mass is 16.5. The molecule has 250 valence electrons. The molecule has 1 rings (SSSR count). The van der Waals surface area contributed by atoms with Gasteiger partial charge in [0.2, 0.25) is 0 Å². The average molecular weight is 610 g/mol. The predicted molar refractivity (Wildman–Crippen MR) is 172 cm³/mol. The molecule has 0 bridgehead atoms. The minimum atomic E-state index is -1.14. The molecule has 1 aliphatic heterocycles. The molecule has 0 aromatic carbocycles. The smallest absolute Gasteiger partial charge is 0.309 e. The number of hydrogen-bond acceptors (Lipinski definition) is 7. The number of nitrogens with one attached hydrogen (secondary N) is 1. The second-order valence-electron chi connectivity index (χ2n) is 12.8. The van der Waals surface area contributed by atoms with E-state index in [1.165, 1.54) is 38.5 Å². The normalized spacial score (nSPS) is 33.2. The molecule has 0 saturated heterocycles. The second-order valence-corrected chi connectivity index (χ2v) is 12.8. The third-order valence-electron chi connectivity index (χ3n) is 8.58. The molecule has 43 heavy (non-hydrogen) atoms. The molecule has 0 aromatic heterocycles. The van der Waals surface area contributed by atoms with Crippen LogP contribution in [-0.4, -0.2) is 71.9 Å². The minimum Gasteiger partial charge on any atom is -0.452 e. The topological polar surface area (TPSA) is 125 Å². The molecule has 0 fully saturated rings. The van der Waals surface area contributed by atoms with Gasteiger partial charge in [-0.2, -0.15) is 0 Å². The van der Waals surface area contributed by atoms with Crippen LogP contribution in [0.4, 0.5) is 0 Å². The molecule has 1 heterocycles. The maximum absolute atomic E-state index is 12.8. The lowest BCUT2D eigenvalue weighted by Gasteiger charge is -2.23. The Kier molecular flexibility index (Phi) is 21.6. The number of amides is 1. The van der Waals surface area contributed by atoms with Crippen molar-refractivity contribution in [1.82, 2.24) is 5.32 Å². The molecular formula is C35H63NO7. The van der Waals surface area contributed by atoms with Gasteiger partial charge in [0.1, 0.15) is 0 Å². The van der Waals surface area contributed by atoms with E-state index in [0.29, 0.717) is 44.1 Å². The van der Waals surface area contributed by atoms with Crippen molar-refractivity contribution >= 4 is 11.9 Å². The van der Waals surface area contributed by atoms with E-state index in [1.807, 2.05) is 19.9 Å². The van der Waals surface area contributed by atoms with Crippen LogP contribution in [0, 0.1) is 17.8 Å². The van der Waals surface area contributed by atoms with Crippen LogP contribution in [0.5, 0.6) is 0 Å². The number of esters is 1. The first-order chi connectivity index (χ1) is 20.6. The van der Waals surface area contributed by atoms with Crippen LogP contribution in [0.1, 0.15) is 124 Å². The van der Waals surface area contributed by atoms with Gasteiger partial charge in [-0.05, 0) is 55.9 Å². The molecule has 0 aromatic rings. The highest BCUT2D eigenvalue weighted by Gasteiger charge is 2.27. The number of methoxy groups -OCH3 is 1. The molecule has 0 saturated carbocycles. The third-order valence-corrected chi connectivity index (χ3v) is 8.58. The number of β-amino-alcohol motifs (C(OH)–C–C–N with tert-alkyl or cyclic N) is 1. The number of allylic oxidation sites excluding steroid dienone is 3. The Morgan fingerprint density at radius 2 is 1.60 bits per heavy atom. The molecular weight excluding hydrogens is 546 g/mol. The Morgan fingerprint density at radius 3 is 2.26 bits per heavy atom. The van der Waals surface area contributed by atoms with Gasteiger partial charge in [-0.15, -0.1) is 0 Å². The maximum Gasteiger partial charge on any atom is 0.309 e. The van der Waals surface area contributed by atoms with Crippen LogP contribution in [0.25, 0.3) is 0 Å². The molecule has 7 atom stereocenters. The molecule has 0 unspecified atom stereocenters.